The molecule has 0 atom stereocenters. The second-order valence-electron chi connectivity index (χ2n) is 4.23. The minimum atomic E-state index is 0.776. The minimum Gasteiger partial charge on any atom is -0.341 e. The zero-order valence-electron chi connectivity index (χ0n) is 8.06. The summed E-state index contributed by atoms with van der Waals surface area (Å²) in [5.41, 5.74) is 0. The molecule has 66 valence electrons. The Labute approximate surface area is 70.0 Å². The Balaban J connectivity index is 2.17. The first kappa shape index (κ1) is 9.01. The van der Waals surface area contributed by atoms with Gasteiger partial charge in [0.2, 0.25) is 0 Å². The number of likely N-dealkylation sites (tertiary alicyclic amines) is 1. The smallest absolute Gasteiger partial charge is 0.0969 e. The Morgan fingerprint density at radius 1 is 1.27 bits per heavy atom. The lowest BCUT2D eigenvalue weighted by Crippen LogP contribution is -3.12. The highest BCUT2D eigenvalue weighted by Crippen LogP contribution is 1.93. The molecule has 0 aromatic rings. The Kier molecular flexibility index (Phi) is 3.34. The summed E-state index contributed by atoms with van der Waals surface area (Å²) in [5.74, 6) is 0. The predicted molar refractivity (Wildman–Crippen MR) is 46.7 cm³/mol. The van der Waals surface area contributed by atoms with Gasteiger partial charge in [0.15, 0.2) is 0 Å². The third-order valence-corrected chi connectivity index (χ3v) is 2.54. The standard InChI is InChI=1S/C9H20N2/c1-8(2)10-9-4-6-11(3)7-5-9/h8-10H,4-7H2,1-3H3/p+2. The SMILES string of the molecule is CC(C)[NH2+]C1CC[NH+](C)CC1. The van der Waals surface area contributed by atoms with E-state index in [0.29, 0.717) is 0 Å². The summed E-state index contributed by atoms with van der Waals surface area (Å²) in [7, 11) is 2.30. The van der Waals surface area contributed by atoms with Crippen molar-refractivity contribution >= 4 is 0 Å². The van der Waals surface area contributed by atoms with Gasteiger partial charge in [-0.25, -0.2) is 0 Å². The summed E-state index contributed by atoms with van der Waals surface area (Å²) in [6, 6.07) is 1.69. The van der Waals surface area contributed by atoms with Gasteiger partial charge in [0.05, 0.1) is 32.2 Å². The first-order valence-corrected chi connectivity index (χ1v) is 4.84. The van der Waals surface area contributed by atoms with E-state index in [1.807, 2.05) is 0 Å². The lowest BCUT2D eigenvalue weighted by molar-refractivity contribution is -0.895. The van der Waals surface area contributed by atoms with Crippen LogP contribution in [0.5, 0.6) is 0 Å². The van der Waals surface area contributed by atoms with Crippen LogP contribution >= 0.6 is 0 Å². The van der Waals surface area contributed by atoms with Crippen molar-refractivity contribution in [1.29, 1.82) is 0 Å². The Morgan fingerprint density at radius 2 is 1.82 bits per heavy atom. The van der Waals surface area contributed by atoms with Gasteiger partial charge < -0.3 is 10.2 Å². The fourth-order valence-electron chi connectivity index (χ4n) is 1.87. The Hall–Kier alpha value is -0.0800. The average Bonchev–Trinajstić information content (AvgIpc) is 1.93. The van der Waals surface area contributed by atoms with Crippen molar-refractivity contribution in [3.8, 4) is 0 Å². The third-order valence-electron chi connectivity index (χ3n) is 2.54. The molecule has 0 radical (unpaired) electrons. The Bertz CT molecular complexity index is 104. The van der Waals surface area contributed by atoms with Crippen LogP contribution in [-0.4, -0.2) is 32.2 Å². The van der Waals surface area contributed by atoms with Gasteiger partial charge in [-0.1, -0.05) is 0 Å². The molecule has 1 fully saturated rings. The number of piperidine rings is 1. The van der Waals surface area contributed by atoms with Crippen LogP contribution in [0, 0.1) is 0 Å². The molecule has 3 N–H and O–H groups in total. The monoisotopic (exact) mass is 158 g/mol. The van der Waals surface area contributed by atoms with E-state index in [2.05, 4.69) is 26.2 Å². The highest BCUT2D eigenvalue weighted by molar-refractivity contribution is 4.57. The number of quaternary nitrogens is 2. The van der Waals surface area contributed by atoms with Crippen LogP contribution in [0.15, 0.2) is 0 Å². The topological polar surface area (TPSA) is 21.1 Å². The molecule has 2 heteroatoms. The molecule has 0 amide bonds. The summed E-state index contributed by atoms with van der Waals surface area (Å²) >= 11 is 0. The maximum atomic E-state index is 2.52. The first-order valence-electron chi connectivity index (χ1n) is 4.84. The Morgan fingerprint density at radius 3 is 2.27 bits per heavy atom. The second kappa shape index (κ2) is 4.07. The molecule has 0 saturated carbocycles. The fourth-order valence-corrected chi connectivity index (χ4v) is 1.87. The molecule has 1 aliphatic heterocycles. The van der Waals surface area contributed by atoms with Crippen LogP contribution in [-0.2, 0) is 0 Å². The van der Waals surface area contributed by atoms with E-state index in [-0.39, 0.29) is 0 Å². The van der Waals surface area contributed by atoms with Crippen LogP contribution in [0.2, 0.25) is 0 Å². The quantitative estimate of drug-likeness (QED) is 0.495. The summed E-state index contributed by atoms with van der Waals surface area (Å²) in [4.78, 5) is 1.71. The number of hydrogen-bond acceptors (Lipinski definition) is 0. The molecular weight excluding hydrogens is 136 g/mol. The van der Waals surface area contributed by atoms with Gasteiger partial charge in [-0.15, -0.1) is 0 Å². The zero-order valence-corrected chi connectivity index (χ0v) is 8.06. The van der Waals surface area contributed by atoms with Crippen LogP contribution in [0.1, 0.15) is 26.7 Å². The van der Waals surface area contributed by atoms with E-state index in [1.165, 1.54) is 25.9 Å². The van der Waals surface area contributed by atoms with E-state index in [1.54, 1.807) is 4.90 Å². The van der Waals surface area contributed by atoms with Gasteiger partial charge in [-0.05, 0) is 13.8 Å². The molecule has 0 aliphatic carbocycles. The van der Waals surface area contributed by atoms with E-state index < -0.39 is 0 Å². The first-order chi connectivity index (χ1) is 5.18. The molecule has 1 aliphatic rings. The summed E-state index contributed by atoms with van der Waals surface area (Å²) in [5, 5.41) is 2.52. The lowest BCUT2D eigenvalue weighted by atomic mass is 10.1. The predicted octanol–water partition coefficient (Wildman–Crippen LogP) is -1.36. The van der Waals surface area contributed by atoms with Crippen LogP contribution in [0.25, 0.3) is 0 Å². The van der Waals surface area contributed by atoms with Gasteiger partial charge in [-0.2, -0.15) is 0 Å². The van der Waals surface area contributed by atoms with Gasteiger partial charge in [0.25, 0.3) is 0 Å². The van der Waals surface area contributed by atoms with Gasteiger partial charge in [-0.3, -0.25) is 0 Å². The molecule has 0 bridgehead atoms. The molecule has 0 spiro atoms. The second-order valence-corrected chi connectivity index (χ2v) is 4.23. The zero-order chi connectivity index (χ0) is 8.27. The molecule has 11 heavy (non-hydrogen) atoms. The van der Waals surface area contributed by atoms with Crippen molar-refractivity contribution in [3.63, 3.8) is 0 Å². The lowest BCUT2D eigenvalue weighted by Gasteiger charge is -2.26. The number of hydrogen-bond donors (Lipinski definition) is 2. The summed E-state index contributed by atoms with van der Waals surface area (Å²) < 4.78 is 0. The largest absolute Gasteiger partial charge is 0.341 e. The van der Waals surface area contributed by atoms with Gasteiger partial charge in [0, 0.05) is 12.8 Å². The van der Waals surface area contributed by atoms with Gasteiger partial charge in [0.1, 0.15) is 0 Å². The van der Waals surface area contributed by atoms with Crippen molar-refractivity contribution in [1.82, 2.24) is 0 Å². The molecule has 0 aromatic carbocycles. The van der Waals surface area contributed by atoms with E-state index in [9.17, 15) is 0 Å². The molecular formula is C9H22N2+2. The van der Waals surface area contributed by atoms with Crippen LogP contribution < -0.4 is 10.2 Å². The maximum Gasteiger partial charge on any atom is 0.0969 e. The fraction of sp³-hybridized carbons (Fsp3) is 1.00. The molecule has 1 rings (SSSR count). The highest BCUT2D eigenvalue weighted by atomic mass is 15.1. The van der Waals surface area contributed by atoms with E-state index in [4.69, 9.17) is 0 Å². The van der Waals surface area contributed by atoms with Crippen molar-refractivity contribution in [3.05, 3.63) is 0 Å². The average molecular weight is 158 g/mol. The molecule has 1 heterocycles. The maximum absolute atomic E-state index is 2.52. The van der Waals surface area contributed by atoms with Crippen LogP contribution in [0.3, 0.4) is 0 Å². The van der Waals surface area contributed by atoms with Crippen molar-refractivity contribution in [2.75, 3.05) is 20.1 Å². The third kappa shape index (κ3) is 3.21. The summed E-state index contributed by atoms with van der Waals surface area (Å²) in [6.45, 7) is 7.30. The molecule has 0 aromatic heterocycles. The van der Waals surface area contributed by atoms with Crippen molar-refractivity contribution in [2.45, 2.75) is 38.8 Å². The summed E-state index contributed by atoms with van der Waals surface area (Å²) in [6.07, 6.45) is 2.81. The minimum absolute atomic E-state index is 0.776. The van der Waals surface area contributed by atoms with Crippen LogP contribution in [0.4, 0.5) is 0 Å². The number of nitrogens with two attached hydrogens (primary N) is 1. The van der Waals surface area contributed by atoms with Gasteiger partial charge >= 0.3 is 0 Å². The molecule has 0 unspecified atom stereocenters. The van der Waals surface area contributed by atoms with Crippen molar-refractivity contribution in [2.24, 2.45) is 0 Å². The van der Waals surface area contributed by atoms with Crippen molar-refractivity contribution < 1.29 is 10.2 Å². The normalized spacial score (nSPS) is 32.7. The number of rotatable bonds is 2. The number of nitrogens with one attached hydrogen (secondary N) is 1. The molecule has 2 nitrogen and oxygen atoms in total. The van der Waals surface area contributed by atoms with E-state index >= 15 is 0 Å². The highest BCUT2D eigenvalue weighted by Gasteiger charge is 2.22. The molecule has 1 saturated heterocycles. The van der Waals surface area contributed by atoms with E-state index in [0.717, 1.165) is 12.1 Å².